The summed E-state index contributed by atoms with van der Waals surface area (Å²) in [6, 6.07) is 0. The van der Waals surface area contributed by atoms with Crippen LogP contribution in [0.5, 0.6) is 0 Å². The van der Waals surface area contributed by atoms with Crippen molar-refractivity contribution in [1.82, 2.24) is 10.2 Å². The molecular formula is C9H16N4O3S. The molecule has 1 saturated heterocycles. The molecule has 0 spiro atoms. The van der Waals surface area contributed by atoms with E-state index in [1.165, 1.54) is 6.20 Å². The Balaban J connectivity index is 2.01. The Labute approximate surface area is 99.8 Å². The summed E-state index contributed by atoms with van der Waals surface area (Å²) in [4.78, 5) is 0. The molecule has 17 heavy (non-hydrogen) atoms. The second-order valence-electron chi connectivity index (χ2n) is 3.99. The van der Waals surface area contributed by atoms with Gasteiger partial charge in [-0.05, 0) is 12.8 Å². The van der Waals surface area contributed by atoms with Crippen LogP contribution in [0, 0.1) is 0 Å². The normalized spacial score (nSPS) is 20.6. The van der Waals surface area contributed by atoms with E-state index in [0.717, 1.165) is 12.8 Å². The highest BCUT2D eigenvalue weighted by Gasteiger charge is 2.24. The Hall–Kier alpha value is -1.12. The zero-order chi connectivity index (χ0) is 12.3. The second kappa shape index (κ2) is 5.03. The maximum atomic E-state index is 11.8. The van der Waals surface area contributed by atoms with Gasteiger partial charge in [0.1, 0.15) is 5.82 Å². The van der Waals surface area contributed by atoms with Gasteiger partial charge in [0, 0.05) is 18.7 Å². The number of aromatic nitrogens is 2. The molecule has 0 saturated carbocycles. The van der Waals surface area contributed by atoms with Gasteiger partial charge in [-0.15, -0.1) is 0 Å². The smallest absolute Gasteiger partial charge is 0.236 e. The highest BCUT2D eigenvalue weighted by molar-refractivity contribution is 7.92. The van der Waals surface area contributed by atoms with Gasteiger partial charge in [0.2, 0.25) is 10.0 Å². The molecule has 4 N–H and O–H groups in total. The van der Waals surface area contributed by atoms with E-state index in [1.807, 2.05) is 0 Å². The zero-order valence-corrected chi connectivity index (χ0v) is 10.2. The summed E-state index contributed by atoms with van der Waals surface area (Å²) in [6.07, 6.45) is 2.99. The fraction of sp³-hybridized carbons (Fsp3) is 0.667. The van der Waals surface area contributed by atoms with Gasteiger partial charge in [0.05, 0.1) is 18.1 Å². The third-order valence-electron chi connectivity index (χ3n) is 2.62. The number of nitrogens with zero attached hydrogens (tertiary/aromatic N) is 1. The van der Waals surface area contributed by atoms with Gasteiger partial charge >= 0.3 is 0 Å². The van der Waals surface area contributed by atoms with Crippen molar-refractivity contribution in [3.8, 4) is 0 Å². The van der Waals surface area contributed by atoms with Gasteiger partial charge in [-0.2, -0.15) is 5.10 Å². The van der Waals surface area contributed by atoms with Crippen LogP contribution in [0.3, 0.4) is 0 Å². The number of ether oxygens (including phenoxy) is 1. The minimum atomic E-state index is -3.42. The van der Waals surface area contributed by atoms with Crippen molar-refractivity contribution in [2.75, 3.05) is 17.1 Å². The summed E-state index contributed by atoms with van der Waals surface area (Å²) in [5, 5.41) is 6.32. The highest BCUT2D eigenvalue weighted by Crippen LogP contribution is 2.17. The molecule has 1 aromatic rings. The van der Waals surface area contributed by atoms with E-state index < -0.39 is 10.0 Å². The predicted molar refractivity (Wildman–Crippen MR) is 62.9 cm³/mol. The first kappa shape index (κ1) is 12.3. The maximum absolute atomic E-state index is 11.8. The first-order valence-corrected chi connectivity index (χ1v) is 7.10. The minimum absolute atomic E-state index is 0.0317. The molecule has 0 aliphatic carbocycles. The number of rotatable bonds is 5. The largest absolute Gasteiger partial charge is 0.377 e. The number of anilines is 1. The highest BCUT2D eigenvalue weighted by atomic mass is 32.2. The Morgan fingerprint density at radius 2 is 2.47 bits per heavy atom. The SMILES string of the molecule is NCc1cn[nH]c1NS(=O)(=O)CC1CCCO1. The topological polar surface area (TPSA) is 110 Å². The van der Waals surface area contributed by atoms with E-state index in [0.29, 0.717) is 18.0 Å². The third kappa shape index (κ3) is 3.18. The number of hydrogen-bond donors (Lipinski definition) is 3. The lowest BCUT2D eigenvalue weighted by Crippen LogP contribution is -2.26. The molecule has 0 amide bonds. The van der Waals surface area contributed by atoms with Crippen molar-refractivity contribution >= 4 is 15.8 Å². The van der Waals surface area contributed by atoms with Crippen LogP contribution in [0.25, 0.3) is 0 Å². The van der Waals surface area contributed by atoms with Gasteiger partial charge in [0.25, 0.3) is 0 Å². The van der Waals surface area contributed by atoms with E-state index in [1.54, 1.807) is 0 Å². The lowest BCUT2D eigenvalue weighted by atomic mass is 10.3. The standard InChI is InChI=1S/C9H16N4O3S/c10-4-7-5-11-12-9(7)13-17(14,15)6-8-2-1-3-16-8/h5,8H,1-4,6,10H2,(H2,11,12,13). The maximum Gasteiger partial charge on any atom is 0.236 e. The molecule has 1 fully saturated rings. The van der Waals surface area contributed by atoms with E-state index >= 15 is 0 Å². The molecule has 0 bridgehead atoms. The molecule has 8 heteroatoms. The van der Waals surface area contributed by atoms with Crippen LogP contribution in [0.4, 0.5) is 5.82 Å². The molecule has 2 heterocycles. The summed E-state index contributed by atoms with van der Waals surface area (Å²) in [7, 11) is -3.42. The van der Waals surface area contributed by atoms with Gasteiger partial charge in [-0.1, -0.05) is 0 Å². The molecule has 7 nitrogen and oxygen atoms in total. The Bertz CT molecular complexity index is 464. The number of nitrogens with one attached hydrogen (secondary N) is 2. The van der Waals surface area contributed by atoms with E-state index in [-0.39, 0.29) is 18.4 Å². The fourth-order valence-electron chi connectivity index (χ4n) is 1.77. The average molecular weight is 260 g/mol. The lowest BCUT2D eigenvalue weighted by Gasteiger charge is -2.11. The third-order valence-corrected chi connectivity index (χ3v) is 3.95. The van der Waals surface area contributed by atoms with Crippen molar-refractivity contribution in [3.05, 3.63) is 11.8 Å². The molecule has 1 aromatic heterocycles. The average Bonchev–Trinajstić information content (AvgIpc) is 2.87. The number of nitrogens with two attached hydrogens (primary N) is 1. The quantitative estimate of drug-likeness (QED) is 0.678. The second-order valence-corrected chi connectivity index (χ2v) is 5.76. The van der Waals surface area contributed by atoms with Gasteiger partial charge < -0.3 is 10.5 Å². The number of hydrogen-bond acceptors (Lipinski definition) is 5. The van der Waals surface area contributed by atoms with Gasteiger partial charge in [0.15, 0.2) is 0 Å². The van der Waals surface area contributed by atoms with Crippen LogP contribution in [0.15, 0.2) is 6.20 Å². The molecule has 96 valence electrons. The summed E-state index contributed by atoms with van der Waals surface area (Å²) in [6.45, 7) is 0.868. The molecule has 0 radical (unpaired) electrons. The van der Waals surface area contributed by atoms with Gasteiger partial charge in [-0.3, -0.25) is 9.82 Å². The molecule has 2 rings (SSSR count). The van der Waals surface area contributed by atoms with Crippen LogP contribution >= 0.6 is 0 Å². The zero-order valence-electron chi connectivity index (χ0n) is 9.35. The number of H-pyrrole nitrogens is 1. The Morgan fingerprint density at radius 1 is 1.65 bits per heavy atom. The van der Waals surface area contributed by atoms with Crippen LogP contribution in [-0.4, -0.2) is 37.1 Å². The fourth-order valence-corrected chi connectivity index (χ4v) is 3.10. The molecule has 1 atom stereocenters. The van der Waals surface area contributed by atoms with Crippen molar-refractivity contribution in [3.63, 3.8) is 0 Å². The van der Waals surface area contributed by atoms with Crippen molar-refractivity contribution in [2.24, 2.45) is 5.73 Å². The lowest BCUT2D eigenvalue weighted by molar-refractivity contribution is 0.127. The minimum Gasteiger partial charge on any atom is -0.377 e. The monoisotopic (exact) mass is 260 g/mol. The van der Waals surface area contributed by atoms with Crippen molar-refractivity contribution < 1.29 is 13.2 Å². The van der Waals surface area contributed by atoms with E-state index in [2.05, 4.69) is 14.9 Å². The Morgan fingerprint density at radius 3 is 3.12 bits per heavy atom. The van der Waals surface area contributed by atoms with Crippen LogP contribution < -0.4 is 10.5 Å². The van der Waals surface area contributed by atoms with Crippen LogP contribution in [-0.2, 0) is 21.3 Å². The molecule has 1 aliphatic heterocycles. The molecule has 1 aliphatic rings. The molecular weight excluding hydrogens is 244 g/mol. The van der Waals surface area contributed by atoms with Crippen LogP contribution in [0.1, 0.15) is 18.4 Å². The van der Waals surface area contributed by atoms with Crippen molar-refractivity contribution in [2.45, 2.75) is 25.5 Å². The first-order chi connectivity index (χ1) is 8.11. The summed E-state index contributed by atoms with van der Waals surface area (Å²) in [5.41, 5.74) is 6.10. The summed E-state index contributed by atoms with van der Waals surface area (Å²) < 4.78 is 31.4. The molecule has 1 unspecified atom stereocenters. The predicted octanol–water partition coefficient (Wildman–Crippen LogP) is -0.211. The van der Waals surface area contributed by atoms with E-state index in [4.69, 9.17) is 10.5 Å². The first-order valence-electron chi connectivity index (χ1n) is 5.45. The van der Waals surface area contributed by atoms with Crippen LogP contribution in [0.2, 0.25) is 0 Å². The molecule has 0 aromatic carbocycles. The van der Waals surface area contributed by atoms with Crippen molar-refractivity contribution in [1.29, 1.82) is 0 Å². The number of aromatic amines is 1. The van der Waals surface area contributed by atoms with E-state index in [9.17, 15) is 8.42 Å². The summed E-state index contributed by atoms with van der Waals surface area (Å²) >= 11 is 0. The summed E-state index contributed by atoms with van der Waals surface area (Å²) in [5.74, 6) is 0.307. The Kier molecular flexibility index (Phi) is 3.65. The van der Waals surface area contributed by atoms with Gasteiger partial charge in [-0.25, -0.2) is 8.42 Å². The number of sulfonamides is 1.